The topological polar surface area (TPSA) is 90.7 Å². The zero-order valence-electron chi connectivity index (χ0n) is 22.9. The first-order valence-corrected chi connectivity index (χ1v) is 13.6. The Hall–Kier alpha value is -3.24. The minimum atomic E-state index is -0.638. The quantitative estimate of drug-likeness (QED) is 0.344. The van der Waals surface area contributed by atoms with Gasteiger partial charge in [0.05, 0.1) is 52.9 Å². The van der Waals surface area contributed by atoms with Gasteiger partial charge in [-0.05, 0) is 56.3 Å². The molecule has 0 spiro atoms. The summed E-state index contributed by atoms with van der Waals surface area (Å²) in [4.78, 5) is 30.4. The van der Waals surface area contributed by atoms with Gasteiger partial charge in [0, 0.05) is 54.6 Å². The Kier molecular flexibility index (Phi) is 10.9. The molecule has 1 aliphatic heterocycles. The predicted octanol–water partition coefficient (Wildman–Crippen LogP) is 3.76. The average Bonchev–Trinajstić information content (AvgIpc) is 2.97. The summed E-state index contributed by atoms with van der Waals surface area (Å²) in [7, 11) is 0. The van der Waals surface area contributed by atoms with Crippen molar-refractivity contribution in [2.45, 2.75) is 13.8 Å². The van der Waals surface area contributed by atoms with Crippen LogP contribution in [0.2, 0.25) is 0 Å². The molecule has 0 N–H and O–H groups in total. The number of rotatable bonds is 6. The molecule has 0 saturated carbocycles. The molecule has 0 unspecified atom stereocenters. The summed E-state index contributed by atoms with van der Waals surface area (Å²) in [6.07, 6.45) is 0. The van der Waals surface area contributed by atoms with Crippen molar-refractivity contribution < 1.29 is 28.2 Å². The van der Waals surface area contributed by atoms with Crippen LogP contribution in [-0.4, -0.2) is 84.8 Å². The van der Waals surface area contributed by atoms with Gasteiger partial charge in [-0.2, -0.15) is 0 Å². The van der Waals surface area contributed by atoms with Crippen LogP contribution < -0.4 is 15.4 Å². The minimum absolute atomic E-state index is 0.0197. The van der Waals surface area contributed by atoms with Crippen LogP contribution in [0.1, 0.15) is 29.8 Å². The van der Waals surface area contributed by atoms with Gasteiger partial charge in [0.15, 0.2) is 5.78 Å². The third kappa shape index (κ3) is 7.89. The van der Waals surface area contributed by atoms with Crippen molar-refractivity contribution in [3.63, 3.8) is 0 Å². The third-order valence-corrected chi connectivity index (χ3v) is 6.71. The second kappa shape index (κ2) is 14.8. The number of carbonyl (C=O) groups is 1. The highest BCUT2D eigenvalue weighted by molar-refractivity contribution is 6.10. The van der Waals surface area contributed by atoms with E-state index >= 15 is 0 Å². The number of ketones is 1. The Morgan fingerprint density at radius 2 is 1.33 bits per heavy atom. The van der Waals surface area contributed by atoms with Crippen LogP contribution >= 0.6 is 0 Å². The van der Waals surface area contributed by atoms with Crippen LogP contribution in [-0.2, 0) is 18.9 Å². The van der Waals surface area contributed by atoms with E-state index in [0.29, 0.717) is 82.5 Å². The number of benzene rings is 2. The fourth-order valence-electron chi connectivity index (χ4n) is 4.50. The zero-order valence-corrected chi connectivity index (χ0v) is 22.9. The largest absolute Gasteiger partial charge is 0.422 e. The van der Waals surface area contributed by atoms with Crippen LogP contribution in [0, 0.1) is 0 Å². The van der Waals surface area contributed by atoms with Crippen molar-refractivity contribution in [1.82, 2.24) is 0 Å². The van der Waals surface area contributed by atoms with Crippen LogP contribution in [0.25, 0.3) is 11.0 Å². The molecule has 1 fully saturated rings. The van der Waals surface area contributed by atoms with E-state index in [9.17, 15) is 9.59 Å². The first-order chi connectivity index (χ1) is 19.1. The lowest BCUT2D eigenvalue weighted by Gasteiger charge is -2.25. The molecule has 2 aromatic carbocycles. The van der Waals surface area contributed by atoms with Gasteiger partial charge in [-0.15, -0.1) is 0 Å². The Balaban J connectivity index is 1.47. The molecular formula is C30H38N2O7. The summed E-state index contributed by atoms with van der Waals surface area (Å²) in [6, 6.07) is 14.6. The van der Waals surface area contributed by atoms with Gasteiger partial charge in [-0.25, -0.2) is 4.79 Å². The van der Waals surface area contributed by atoms with E-state index in [1.165, 1.54) is 0 Å². The maximum absolute atomic E-state index is 13.3. The van der Waals surface area contributed by atoms with E-state index in [-0.39, 0.29) is 11.3 Å². The highest BCUT2D eigenvalue weighted by Gasteiger charge is 2.17. The van der Waals surface area contributed by atoms with Gasteiger partial charge in [-0.1, -0.05) is 0 Å². The van der Waals surface area contributed by atoms with E-state index in [2.05, 4.69) is 23.6 Å². The van der Waals surface area contributed by atoms with Gasteiger partial charge < -0.3 is 33.2 Å². The number of fused-ring (bicyclic) bond motifs is 1. The molecule has 0 aliphatic carbocycles. The molecule has 3 aromatic rings. The van der Waals surface area contributed by atoms with Crippen LogP contribution in [0.5, 0.6) is 0 Å². The first kappa shape index (κ1) is 28.8. The monoisotopic (exact) mass is 538 g/mol. The van der Waals surface area contributed by atoms with Crippen molar-refractivity contribution >= 4 is 28.1 Å². The molecule has 1 saturated heterocycles. The Labute approximate surface area is 229 Å². The summed E-state index contributed by atoms with van der Waals surface area (Å²) >= 11 is 0. The number of ether oxygens (including phenoxy) is 4. The van der Waals surface area contributed by atoms with Crippen molar-refractivity contribution in [3.8, 4) is 0 Å². The van der Waals surface area contributed by atoms with Gasteiger partial charge in [0.2, 0.25) is 0 Å². The molecule has 9 nitrogen and oxygen atoms in total. The minimum Gasteiger partial charge on any atom is -0.422 e. The van der Waals surface area contributed by atoms with Crippen molar-refractivity contribution in [1.29, 1.82) is 0 Å². The number of hydrogen-bond donors (Lipinski definition) is 0. The highest BCUT2D eigenvalue weighted by Crippen LogP contribution is 2.23. The van der Waals surface area contributed by atoms with Crippen LogP contribution in [0.4, 0.5) is 11.4 Å². The van der Waals surface area contributed by atoms with Gasteiger partial charge in [0.25, 0.3) is 0 Å². The van der Waals surface area contributed by atoms with E-state index in [0.717, 1.165) is 24.5 Å². The molecule has 0 atom stereocenters. The predicted molar refractivity (Wildman–Crippen MR) is 151 cm³/mol. The van der Waals surface area contributed by atoms with E-state index < -0.39 is 5.63 Å². The van der Waals surface area contributed by atoms with Crippen molar-refractivity contribution in [3.05, 3.63) is 70.1 Å². The lowest BCUT2D eigenvalue weighted by atomic mass is 10.0. The molecule has 0 bridgehead atoms. The zero-order chi connectivity index (χ0) is 27.5. The normalized spacial score (nSPS) is 16.4. The summed E-state index contributed by atoms with van der Waals surface area (Å²) < 4.78 is 28.0. The molecule has 2 heterocycles. The molecule has 1 aromatic heterocycles. The SMILES string of the molecule is CCN(CC)c1ccc2cc(C(=O)c3ccc(N4CCOCCOCCOCCOCC4)cc3)c(=O)oc2c1. The fourth-order valence-corrected chi connectivity index (χ4v) is 4.50. The van der Waals surface area contributed by atoms with Crippen molar-refractivity contribution in [2.24, 2.45) is 0 Å². The molecule has 0 radical (unpaired) electrons. The Bertz CT molecular complexity index is 1240. The number of nitrogens with zero attached hydrogens (tertiary/aromatic N) is 2. The standard InChI is InChI=1S/C30H38N2O7/c1-3-31(4-2)26-10-7-24-21-27(30(34)39-28(24)22-26)29(33)23-5-8-25(9-6-23)32-11-13-35-15-17-37-19-20-38-18-16-36-14-12-32/h5-10,21-22H,3-4,11-20H2,1-2H3. The van der Waals surface area contributed by atoms with Crippen LogP contribution in [0.3, 0.4) is 0 Å². The fraction of sp³-hybridized carbons (Fsp3) is 0.467. The maximum Gasteiger partial charge on any atom is 0.347 e. The maximum atomic E-state index is 13.3. The highest BCUT2D eigenvalue weighted by atomic mass is 16.6. The van der Waals surface area contributed by atoms with Crippen molar-refractivity contribution in [2.75, 3.05) is 88.8 Å². The molecule has 0 amide bonds. The van der Waals surface area contributed by atoms with E-state index in [4.69, 9.17) is 23.4 Å². The van der Waals surface area contributed by atoms with Crippen LogP contribution in [0.15, 0.2) is 57.7 Å². The number of carbonyl (C=O) groups excluding carboxylic acids is 1. The summed E-state index contributed by atoms with van der Waals surface area (Å²) in [5.74, 6) is -0.367. The molecule has 39 heavy (non-hydrogen) atoms. The van der Waals surface area contributed by atoms with Gasteiger partial charge in [0.1, 0.15) is 11.1 Å². The molecule has 210 valence electrons. The summed E-state index contributed by atoms with van der Waals surface area (Å²) in [5.41, 5.74) is 2.19. The van der Waals surface area contributed by atoms with Gasteiger partial charge >= 0.3 is 5.63 Å². The molecular weight excluding hydrogens is 500 g/mol. The summed E-state index contributed by atoms with van der Waals surface area (Å²) in [6.45, 7) is 11.4. The lowest BCUT2D eigenvalue weighted by molar-refractivity contribution is 0.00206. The summed E-state index contributed by atoms with van der Waals surface area (Å²) in [5, 5.41) is 0.711. The Morgan fingerprint density at radius 1 is 0.769 bits per heavy atom. The Morgan fingerprint density at radius 3 is 1.90 bits per heavy atom. The number of anilines is 2. The first-order valence-electron chi connectivity index (χ1n) is 13.6. The van der Waals surface area contributed by atoms with Gasteiger partial charge in [-0.3, -0.25) is 4.79 Å². The van der Waals surface area contributed by atoms with E-state index in [1.54, 1.807) is 18.2 Å². The third-order valence-electron chi connectivity index (χ3n) is 6.71. The lowest BCUT2D eigenvalue weighted by Crippen LogP contribution is -2.31. The second-order valence-corrected chi connectivity index (χ2v) is 9.15. The average molecular weight is 539 g/mol. The molecule has 1 aliphatic rings. The number of hydrogen-bond acceptors (Lipinski definition) is 9. The smallest absolute Gasteiger partial charge is 0.347 e. The van der Waals surface area contributed by atoms with E-state index in [1.807, 2.05) is 30.3 Å². The molecule has 9 heteroatoms. The molecule has 4 rings (SSSR count). The second-order valence-electron chi connectivity index (χ2n) is 9.15.